The van der Waals surface area contributed by atoms with E-state index in [0.717, 1.165) is 11.6 Å². The summed E-state index contributed by atoms with van der Waals surface area (Å²) in [4.78, 5) is 21.7. The van der Waals surface area contributed by atoms with Crippen molar-refractivity contribution in [2.24, 2.45) is 0 Å². The number of carboxylic acids is 1. The third kappa shape index (κ3) is 3.83. The first-order chi connectivity index (χ1) is 7.59. The lowest BCUT2D eigenvalue weighted by Gasteiger charge is -1.90. The Hall–Kier alpha value is -2.30. The van der Waals surface area contributed by atoms with Crippen LogP contribution in [0, 0.1) is 0 Å². The van der Waals surface area contributed by atoms with Gasteiger partial charge in [-0.2, -0.15) is 10.2 Å². The molecule has 5 nitrogen and oxygen atoms in total. The maximum atomic E-state index is 11.3. The molecule has 0 bridgehead atoms. The summed E-state index contributed by atoms with van der Waals surface area (Å²) in [5.41, 5.74) is 0.729. The Morgan fingerprint density at radius 3 is 2.69 bits per heavy atom. The quantitative estimate of drug-likeness (QED) is 0.765. The van der Waals surface area contributed by atoms with Gasteiger partial charge in [-0.3, -0.25) is 4.79 Å². The first-order valence-electron chi connectivity index (χ1n) is 4.50. The Balaban J connectivity index is 2.69. The first kappa shape index (κ1) is 11.8. The van der Waals surface area contributed by atoms with Gasteiger partial charge in [0.2, 0.25) is 0 Å². The molecule has 0 aliphatic carbocycles. The molecule has 0 amide bonds. The van der Waals surface area contributed by atoms with Crippen molar-refractivity contribution in [1.29, 1.82) is 0 Å². The molecule has 16 heavy (non-hydrogen) atoms. The van der Waals surface area contributed by atoms with Gasteiger partial charge in [-0.15, -0.1) is 0 Å². The molecule has 1 heterocycles. The Morgan fingerprint density at radius 1 is 1.38 bits per heavy atom. The largest absolute Gasteiger partial charge is 0.478 e. The number of rotatable bonds is 4. The number of ketones is 1. The Kier molecular flexibility index (Phi) is 4.08. The van der Waals surface area contributed by atoms with Gasteiger partial charge in [-0.25, -0.2) is 4.79 Å². The van der Waals surface area contributed by atoms with E-state index in [4.69, 9.17) is 5.11 Å². The van der Waals surface area contributed by atoms with E-state index in [1.807, 2.05) is 0 Å². The summed E-state index contributed by atoms with van der Waals surface area (Å²) in [7, 11) is 0. The number of carbonyl (C=O) groups is 2. The average molecular weight is 218 g/mol. The monoisotopic (exact) mass is 218 g/mol. The second kappa shape index (κ2) is 5.55. The van der Waals surface area contributed by atoms with Gasteiger partial charge in [0, 0.05) is 5.57 Å². The number of carbonyl (C=O) groups excluding carboxylic acids is 1. The fraction of sp³-hybridized carbons (Fsp3) is 0.0909. The van der Waals surface area contributed by atoms with Crippen LogP contribution in [0.2, 0.25) is 0 Å². The molecule has 1 aromatic rings. The van der Waals surface area contributed by atoms with Gasteiger partial charge in [-0.05, 0) is 36.8 Å². The van der Waals surface area contributed by atoms with E-state index < -0.39 is 5.97 Å². The first-order valence-corrected chi connectivity index (χ1v) is 4.50. The third-order valence-electron chi connectivity index (χ3n) is 1.74. The van der Waals surface area contributed by atoms with E-state index in [2.05, 4.69) is 10.2 Å². The topological polar surface area (TPSA) is 80.2 Å². The minimum Gasteiger partial charge on any atom is -0.478 e. The SMILES string of the molecule is CC(=CC(=O)C=Cc1ccnnc1)C(=O)O. The fourth-order valence-electron chi connectivity index (χ4n) is 0.901. The van der Waals surface area contributed by atoms with Gasteiger partial charge in [0.15, 0.2) is 5.78 Å². The lowest BCUT2D eigenvalue weighted by Crippen LogP contribution is -1.99. The second-order valence-corrected chi connectivity index (χ2v) is 3.04. The van der Waals surface area contributed by atoms with E-state index in [0.29, 0.717) is 0 Å². The highest BCUT2D eigenvalue weighted by atomic mass is 16.4. The highest BCUT2D eigenvalue weighted by Crippen LogP contribution is 1.99. The smallest absolute Gasteiger partial charge is 0.331 e. The van der Waals surface area contributed by atoms with Crippen molar-refractivity contribution in [3.63, 3.8) is 0 Å². The van der Waals surface area contributed by atoms with E-state index >= 15 is 0 Å². The normalized spacial score (nSPS) is 11.7. The Morgan fingerprint density at radius 2 is 2.12 bits per heavy atom. The predicted molar refractivity (Wildman–Crippen MR) is 57.5 cm³/mol. The van der Waals surface area contributed by atoms with Crippen LogP contribution in [0.4, 0.5) is 0 Å². The molecule has 0 spiro atoms. The van der Waals surface area contributed by atoms with E-state index in [9.17, 15) is 9.59 Å². The summed E-state index contributed by atoms with van der Waals surface area (Å²) in [5, 5.41) is 15.8. The molecule has 0 saturated heterocycles. The zero-order chi connectivity index (χ0) is 12.0. The van der Waals surface area contributed by atoms with Crippen LogP contribution in [0.15, 0.2) is 36.2 Å². The summed E-state index contributed by atoms with van der Waals surface area (Å²) >= 11 is 0. The van der Waals surface area contributed by atoms with Crippen molar-refractivity contribution in [1.82, 2.24) is 10.2 Å². The molecule has 0 radical (unpaired) electrons. The standard InChI is InChI=1S/C11H10N2O3/c1-8(11(15)16)6-10(14)3-2-9-4-5-12-13-7-9/h2-7H,1H3,(H,15,16). The molecule has 5 heteroatoms. The molecular formula is C11H10N2O3. The van der Waals surface area contributed by atoms with E-state index in [1.54, 1.807) is 12.1 Å². The zero-order valence-corrected chi connectivity index (χ0v) is 8.62. The van der Waals surface area contributed by atoms with Crippen LogP contribution in [0.1, 0.15) is 12.5 Å². The maximum absolute atomic E-state index is 11.3. The molecule has 0 saturated carbocycles. The summed E-state index contributed by atoms with van der Waals surface area (Å²) in [6.07, 6.45) is 6.89. The third-order valence-corrected chi connectivity index (χ3v) is 1.74. The second-order valence-electron chi connectivity index (χ2n) is 3.04. The average Bonchev–Trinajstić information content (AvgIpc) is 2.27. The number of hydrogen-bond acceptors (Lipinski definition) is 4. The molecule has 0 aliphatic heterocycles. The number of allylic oxidation sites excluding steroid dienone is 2. The van der Waals surface area contributed by atoms with Gasteiger partial charge in [0.1, 0.15) is 0 Å². The molecular weight excluding hydrogens is 208 g/mol. The van der Waals surface area contributed by atoms with Crippen LogP contribution < -0.4 is 0 Å². The molecule has 1 aromatic heterocycles. The number of aromatic nitrogens is 2. The predicted octanol–water partition coefficient (Wildman–Crippen LogP) is 1.09. The molecule has 1 N–H and O–H groups in total. The van der Waals surface area contributed by atoms with Crippen molar-refractivity contribution in [3.8, 4) is 0 Å². The van der Waals surface area contributed by atoms with Crippen LogP contribution in [0.3, 0.4) is 0 Å². The van der Waals surface area contributed by atoms with Crippen LogP contribution in [0.5, 0.6) is 0 Å². The lowest BCUT2D eigenvalue weighted by molar-refractivity contribution is -0.132. The maximum Gasteiger partial charge on any atom is 0.331 e. The molecule has 82 valence electrons. The van der Waals surface area contributed by atoms with Gasteiger partial charge in [-0.1, -0.05) is 0 Å². The highest BCUT2D eigenvalue weighted by Gasteiger charge is 2.01. The van der Waals surface area contributed by atoms with Crippen LogP contribution in [-0.4, -0.2) is 27.1 Å². The van der Waals surface area contributed by atoms with Crippen molar-refractivity contribution in [2.75, 3.05) is 0 Å². The van der Waals surface area contributed by atoms with Crippen LogP contribution in [0.25, 0.3) is 6.08 Å². The van der Waals surface area contributed by atoms with Crippen LogP contribution >= 0.6 is 0 Å². The van der Waals surface area contributed by atoms with Crippen LogP contribution in [-0.2, 0) is 9.59 Å². The zero-order valence-electron chi connectivity index (χ0n) is 8.62. The van der Waals surface area contributed by atoms with Crippen molar-refractivity contribution in [2.45, 2.75) is 6.92 Å². The number of aliphatic carboxylic acids is 1. The number of carboxylic acid groups (broad SMARTS) is 1. The molecule has 0 aromatic carbocycles. The minimum atomic E-state index is -1.10. The van der Waals surface area contributed by atoms with Gasteiger partial charge < -0.3 is 5.11 Å². The van der Waals surface area contributed by atoms with Crippen molar-refractivity contribution < 1.29 is 14.7 Å². The highest BCUT2D eigenvalue weighted by molar-refractivity contribution is 6.06. The summed E-state index contributed by atoms with van der Waals surface area (Å²) in [6, 6.07) is 1.69. The summed E-state index contributed by atoms with van der Waals surface area (Å²) in [6.45, 7) is 1.36. The Labute approximate surface area is 92.1 Å². The molecule has 0 unspecified atom stereocenters. The van der Waals surface area contributed by atoms with Gasteiger partial charge >= 0.3 is 5.97 Å². The molecule has 0 aliphatic rings. The number of nitrogens with zero attached hydrogens (tertiary/aromatic N) is 2. The van der Waals surface area contributed by atoms with Gasteiger partial charge in [0.05, 0.1) is 12.4 Å². The summed E-state index contributed by atoms with van der Waals surface area (Å²) in [5.74, 6) is -1.48. The Bertz CT molecular complexity index is 450. The van der Waals surface area contributed by atoms with Crippen molar-refractivity contribution in [3.05, 3.63) is 41.7 Å². The fourth-order valence-corrected chi connectivity index (χ4v) is 0.901. The molecule has 1 rings (SSSR count). The van der Waals surface area contributed by atoms with Crippen molar-refractivity contribution >= 4 is 17.8 Å². The molecule has 0 fully saturated rings. The lowest BCUT2D eigenvalue weighted by atomic mass is 10.2. The minimum absolute atomic E-state index is 0.00232. The van der Waals surface area contributed by atoms with E-state index in [-0.39, 0.29) is 11.4 Å². The van der Waals surface area contributed by atoms with E-state index in [1.165, 1.54) is 25.4 Å². The summed E-state index contributed by atoms with van der Waals surface area (Å²) < 4.78 is 0. The van der Waals surface area contributed by atoms with Gasteiger partial charge in [0.25, 0.3) is 0 Å². The number of hydrogen-bond donors (Lipinski definition) is 1. The molecule has 0 atom stereocenters.